The van der Waals surface area contributed by atoms with Gasteiger partial charge in [0.05, 0.1) is 0 Å². The number of unbranched alkanes of at least 4 members (excludes halogenated alkanes) is 2. The van der Waals surface area contributed by atoms with Gasteiger partial charge in [-0.2, -0.15) is 0 Å². The van der Waals surface area contributed by atoms with E-state index in [4.69, 9.17) is 0 Å². The lowest BCUT2D eigenvalue weighted by atomic mass is 10.2. The first kappa shape index (κ1) is 17.2. The van der Waals surface area contributed by atoms with Crippen LogP contribution in [0.25, 0.3) is 0 Å². The molecule has 0 aromatic heterocycles. The van der Waals surface area contributed by atoms with Gasteiger partial charge in [-0.3, -0.25) is 4.90 Å². The quantitative estimate of drug-likeness (QED) is 0.616. The molecule has 114 valence electrons. The second kappa shape index (κ2) is 10.9. The Labute approximate surface area is 125 Å². The lowest BCUT2D eigenvalue weighted by Gasteiger charge is -2.20. The summed E-state index contributed by atoms with van der Waals surface area (Å²) < 4.78 is 0. The molecule has 0 heterocycles. The van der Waals surface area contributed by atoms with Crippen molar-refractivity contribution in [3.8, 4) is 0 Å². The lowest BCUT2D eigenvalue weighted by Crippen LogP contribution is -2.24. The third kappa shape index (κ3) is 8.34. The fourth-order valence-electron chi connectivity index (χ4n) is 2.34. The van der Waals surface area contributed by atoms with Crippen LogP contribution in [0.5, 0.6) is 0 Å². The highest BCUT2D eigenvalue weighted by Crippen LogP contribution is 2.06. The van der Waals surface area contributed by atoms with Crippen molar-refractivity contribution in [1.82, 2.24) is 10.2 Å². The Morgan fingerprint density at radius 1 is 1.05 bits per heavy atom. The molecular formula is C18H32N2. The Balaban J connectivity index is 2.07. The molecule has 0 bridgehead atoms. The molecule has 0 fully saturated rings. The summed E-state index contributed by atoms with van der Waals surface area (Å²) in [7, 11) is 0. The maximum Gasteiger partial charge on any atom is 0.0233 e. The van der Waals surface area contributed by atoms with Crippen molar-refractivity contribution in [2.75, 3.05) is 26.2 Å². The number of benzene rings is 1. The van der Waals surface area contributed by atoms with Crippen LogP contribution in [0, 0.1) is 5.92 Å². The zero-order valence-corrected chi connectivity index (χ0v) is 13.6. The molecule has 0 aliphatic carbocycles. The van der Waals surface area contributed by atoms with Gasteiger partial charge in [0.1, 0.15) is 0 Å². The van der Waals surface area contributed by atoms with Crippen molar-refractivity contribution < 1.29 is 0 Å². The molecule has 0 atom stereocenters. The molecule has 1 rings (SSSR count). The van der Waals surface area contributed by atoms with Crippen LogP contribution in [-0.4, -0.2) is 31.1 Å². The smallest absolute Gasteiger partial charge is 0.0233 e. The predicted octanol–water partition coefficient (Wildman–Crippen LogP) is 3.92. The van der Waals surface area contributed by atoms with Crippen molar-refractivity contribution in [3.05, 3.63) is 35.9 Å². The standard InChI is InChI=1S/C18H32N2/c1-4-20(16-18-11-7-5-8-12-18)14-10-6-9-13-19-15-17(2)3/h5,7-8,11-12,17,19H,4,6,9-10,13-16H2,1-3H3. The minimum absolute atomic E-state index is 0.761. The second-order valence-electron chi connectivity index (χ2n) is 6.01. The number of nitrogens with one attached hydrogen (secondary N) is 1. The molecule has 1 aromatic rings. The van der Waals surface area contributed by atoms with E-state index in [2.05, 4.69) is 61.3 Å². The van der Waals surface area contributed by atoms with Gasteiger partial charge in [-0.05, 0) is 50.5 Å². The van der Waals surface area contributed by atoms with E-state index in [0.717, 1.165) is 25.6 Å². The van der Waals surface area contributed by atoms with Gasteiger partial charge in [0.15, 0.2) is 0 Å². The van der Waals surface area contributed by atoms with Crippen LogP contribution in [0.15, 0.2) is 30.3 Å². The molecule has 20 heavy (non-hydrogen) atoms. The van der Waals surface area contributed by atoms with Gasteiger partial charge in [0, 0.05) is 6.54 Å². The van der Waals surface area contributed by atoms with Crippen LogP contribution < -0.4 is 5.32 Å². The highest BCUT2D eigenvalue weighted by atomic mass is 15.1. The number of rotatable bonds is 11. The van der Waals surface area contributed by atoms with Gasteiger partial charge in [-0.15, -0.1) is 0 Å². The molecule has 0 saturated carbocycles. The maximum absolute atomic E-state index is 3.51. The van der Waals surface area contributed by atoms with Gasteiger partial charge in [0.25, 0.3) is 0 Å². The summed E-state index contributed by atoms with van der Waals surface area (Å²) in [6.45, 7) is 12.5. The van der Waals surface area contributed by atoms with E-state index in [1.54, 1.807) is 0 Å². The highest BCUT2D eigenvalue weighted by Gasteiger charge is 2.03. The van der Waals surface area contributed by atoms with E-state index in [1.165, 1.54) is 37.9 Å². The van der Waals surface area contributed by atoms with Crippen molar-refractivity contribution in [1.29, 1.82) is 0 Å². The zero-order valence-electron chi connectivity index (χ0n) is 13.6. The molecule has 2 heteroatoms. The first-order valence-electron chi connectivity index (χ1n) is 8.19. The van der Waals surface area contributed by atoms with E-state index >= 15 is 0 Å². The Kier molecular flexibility index (Phi) is 9.35. The van der Waals surface area contributed by atoms with E-state index in [1.807, 2.05) is 0 Å². The average molecular weight is 276 g/mol. The van der Waals surface area contributed by atoms with Crippen LogP contribution in [0.4, 0.5) is 0 Å². The second-order valence-corrected chi connectivity index (χ2v) is 6.01. The maximum atomic E-state index is 3.51. The predicted molar refractivity (Wildman–Crippen MR) is 89.0 cm³/mol. The first-order chi connectivity index (χ1) is 9.72. The monoisotopic (exact) mass is 276 g/mol. The summed E-state index contributed by atoms with van der Waals surface area (Å²) >= 11 is 0. The first-order valence-corrected chi connectivity index (χ1v) is 8.19. The molecule has 0 unspecified atom stereocenters. The van der Waals surface area contributed by atoms with E-state index in [9.17, 15) is 0 Å². The summed E-state index contributed by atoms with van der Waals surface area (Å²) in [5, 5.41) is 3.51. The van der Waals surface area contributed by atoms with Crippen molar-refractivity contribution in [3.63, 3.8) is 0 Å². The van der Waals surface area contributed by atoms with Gasteiger partial charge >= 0.3 is 0 Å². The van der Waals surface area contributed by atoms with Gasteiger partial charge in [-0.25, -0.2) is 0 Å². The van der Waals surface area contributed by atoms with Gasteiger partial charge in [-0.1, -0.05) is 57.5 Å². The molecular weight excluding hydrogens is 244 g/mol. The van der Waals surface area contributed by atoms with Gasteiger partial charge < -0.3 is 5.32 Å². The van der Waals surface area contributed by atoms with Crippen LogP contribution >= 0.6 is 0 Å². The lowest BCUT2D eigenvalue weighted by molar-refractivity contribution is 0.272. The Morgan fingerprint density at radius 2 is 1.80 bits per heavy atom. The molecule has 0 aliphatic rings. The van der Waals surface area contributed by atoms with Crippen LogP contribution in [0.1, 0.15) is 45.6 Å². The Hall–Kier alpha value is -0.860. The molecule has 0 radical (unpaired) electrons. The molecule has 1 N–H and O–H groups in total. The molecule has 0 aliphatic heterocycles. The fraction of sp³-hybridized carbons (Fsp3) is 0.667. The average Bonchev–Trinajstić information content (AvgIpc) is 2.45. The summed E-state index contributed by atoms with van der Waals surface area (Å²) in [4.78, 5) is 2.54. The van der Waals surface area contributed by atoms with Crippen molar-refractivity contribution in [2.24, 2.45) is 5.92 Å². The van der Waals surface area contributed by atoms with Crippen molar-refractivity contribution in [2.45, 2.75) is 46.6 Å². The van der Waals surface area contributed by atoms with Crippen LogP contribution in [0.3, 0.4) is 0 Å². The Morgan fingerprint density at radius 3 is 2.45 bits per heavy atom. The minimum Gasteiger partial charge on any atom is -0.316 e. The van der Waals surface area contributed by atoms with E-state index < -0.39 is 0 Å². The normalized spacial score (nSPS) is 11.4. The zero-order chi connectivity index (χ0) is 14.6. The number of nitrogens with zero attached hydrogens (tertiary/aromatic N) is 1. The molecule has 1 aromatic carbocycles. The van der Waals surface area contributed by atoms with E-state index in [0.29, 0.717) is 0 Å². The summed E-state index contributed by atoms with van der Waals surface area (Å²) in [5.41, 5.74) is 1.42. The molecule has 0 amide bonds. The van der Waals surface area contributed by atoms with Gasteiger partial charge in [0.2, 0.25) is 0 Å². The highest BCUT2D eigenvalue weighted by molar-refractivity contribution is 5.14. The molecule has 0 spiro atoms. The largest absolute Gasteiger partial charge is 0.316 e. The minimum atomic E-state index is 0.761. The fourth-order valence-corrected chi connectivity index (χ4v) is 2.34. The summed E-state index contributed by atoms with van der Waals surface area (Å²) in [5.74, 6) is 0.761. The van der Waals surface area contributed by atoms with Crippen LogP contribution in [-0.2, 0) is 6.54 Å². The van der Waals surface area contributed by atoms with Crippen molar-refractivity contribution >= 4 is 0 Å². The third-order valence-electron chi connectivity index (χ3n) is 3.58. The molecule has 0 saturated heterocycles. The SMILES string of the molecule is CCN(CCCCCNCC(C)C)Cc1ccccc1. The van der Waals surface area contributed by atoms with E-state index in [-0.39, 0.29) is 0 Å². The number of hydrogen-bond donors (Lipinski definition) is 1. The van der Waals surface area contributed by atoms with Crippen LogP contribution in [0.2, 0.25) is 0 Å². The third-order valence-corrected chi connectivity index (χ3v) is 3.58. The Bertz CT molecular complexity index is 321. The summed E-state index contributed by atoms with van der Waals surface area (Å²) in [6, 6.07) is 10.8. The summed E-state index contributed by atoms with van der Waals surface area (Å²) in [6.07, 6.45) is 3.94. The number of hydrogen-bond acceptors (Lipinski definition) is 2. The topological polar surface area (TPSA) is 15.3 Å². The molecule has 2 nitrogen and oxygen atoms in total.